The predicted octanol–water partition coefficient (Wildman–Crippen LogP) is 19.8. The fraction of sp³-hybridized carbons (Fsp3) is 0.325. The van der Waals surface area contributed by atoms with Gasteiger partial charge in [0.2, 0.25) is 0 Å². The summed E-state index contributed by atoms with van der Waals surface area (Å²) in [7, 11) is 2.14. The van der Waals surface area contributed by atoms with Crippen LogP contribution >= 0.6 is 16.4 Å². The minimum atomic E-state index is -0.0700. The standard InChI is InChI=1S/C72H76P2.C8H10/c1-67(2,3)51-45-59(69(7,8)9)65(60(46-51)70(10,11)12)73-63(49-33-21-19-22-34-49)43-31-29-41-57-53-37-25-27-39-55(53)58(56-40-28-26-38-54(56)57)42-30-32-44-64(50-35-23-20-24-36-50)74-66-61(71(13,14)15)47-52(68(4,5)6)48-62(66)72(16,17)18;1-7-3-5-8(2)6-4-7/h19-28,33-40,45-48H,1-18H3;3-6H,1-2H3. The maximum absolute atomic E-state index is 3.60. The van der Waals surface area contributed by atoms with Crippen LogP contribution in [-0.4, -0.2) is 10.6 Å². The molecule has 0 radical (unpaired) electrons. The summed E-state index contributed by atoms with van der Waals surface area (Å²) in [6, 6.07) is 56.5. The average molecular weight is 1110 g/mol. The molecule has 0 bridgehead atoms. The summed E-state index contributed by atoms with van der Waals surface area (Å²) in [5, 5.41) is 8.93. The van der Waals surface area contributed by atoms with Gasteiger partial charge in [0.1, 0.15) is 0 Å². The van der Waals surface area contributed by atoms with E-state index in [1.165, 1.54) is 55.1 Å². The van der Waals surface area contributed by atoms with Gasteiger partial charge in [0, 0.05) is 21.7 Å². The van der Waals surface area contributed by atoms with E-state index in [0.29, 0.717) is 0 Å². The molecule has 0 aromatic heterocycles. The number of aryl methyl sites for hydroxylation is 2. The fourth-order valence-electron chi connectivity index (χ4n) is 9.81. The van der Waals surface area contributed by atoms with Crippen LogP contribution in [0.5, 0.6) is 0 Å². The Bertz CT molecular complexity index is 3570. The molecule has 0 spiro atoms. The van der Waals surface area contributed by atoms with Gasteiger partial charge < -0.3 is 0 Å². The van der Waals surface area contributed by atoms with Gasteiger partial charge in [-0.05, 0) is 164 Å². The lowest BCUT2D eigenvalue weighted by Gasteiger charge is -2.32. The van der Waals surface area contributed by atoms with E-state index in [4.69, 9.17) is 0 Å². The van der Waals surface area contributed by atoms with Crippen molar-refractivity contribution in [3.63, 3.8) is 0 Å². The van der Waals surface area contributed by atoms with Crippen molar-refractivity contribution in [3.8, 4) is 47.4 Å². The van der Waals surface area contributed by atoms with Crippen molar-refractivity contribution in [1.29, 1.82) is 0 Å². The van der Waals surface area contributed by atoms with Gasteiger partial charge in [-0.25, -0.2) is 0 Å². The molecule has 0 atom stereocenters. The predicted molar refractivity (Wildman–Crippen MR) is 366 cm³/mol. The van der Waals surface area contributed by atoms with Gasteiger partial charge in [-0.3, -0.25) is 0 Å². The van der Waals surface area contributed by atoms with Crippen LogP contribution in [0.15, 0.2) is 158 Å². The van der Waals surface area contributed by atoms with Crippen LogP contribution in [0.3, 0.4) is 0 Å². The van der Waals surface area contributed by atoms with E-state index >= 15 is 0 Å². The summed E-state index contributed by atoms with van der Waals surface area (Å²) in [5.74, 6) is 27.8. The minimum absolute atomic E-state index is 0.0170. The topological polar surface area (TPSA) is 0 Å². The van der Waals surface area contributed by atoms with E-state index in [-0.39, 0.29) is 32.5 Å². The van der Waals surface area contributed by atoms with E-state index in [0.717, 1.165) is 70.8 Å². The molecule has 0 saturated heterocycles. The highest BCUT2D eigenvalue weighted by Gasteiger charge is 2.31. The third-order valence-electron chi connectivity index (χ3n) is 14.7. The Morgan fingerprint density at radius 2 is 0.561 bits per heavy atom. The van der Waals surface area contributed by atoms with Gasteiger partial charge in [0.15, 0.2) is 0 Å². The lowest BCUT2D eigenvalue weighted by molar-refractivity contribution is 0.553. The zero-order chi connectivity index (χ0) is 60.0. The van der Waals surface area contributed by atoms with Crippen LogP contribution in [0, 0.1) is 61.2 Å². The Balaban J connectivity index is 0.00000111. The van der Waals surface area contributed by atoms with Crippen LogP contribution in [0.25, 0.3) is 21.5 Å². The molecule has 0 N–H and O–H groups in total. The van der Waals surface area contributed by atoms with Crippen LogP contribution in [0.4, 0.5) is 0 Å². The summed E-state index contributed by atoms with van der Waals surface area (Å²) in [6.45, 7) is 46.0. The van der Waals surface area contributed by atoms with Crippen LogP contribution in [0.2, 0.25) is 0 Å². The molecular weight excluding hydrogens is 1020 g/mol. The van der Waals surface area contributed by atoms with Crippen molar-refractivity contribution in [3.05, 3.63) is 224 Å². The van der Waals surface area contributed by atoms with Crippen molar-refractivity contribution >= 4 is 59.1 Å². The van der Waals surface area contributed by atoms with E-state index in [2.05, 4.69) is 344 Å². The second-order valence-electron chi connectivity index (χ2n) is 28.0. The van der Waals surface area contributed by atoms with Crippen LogP contribution < -0.4 is 10.6 Å². The van der Waals surface area contributed by atoms with Gasteiger partial charge in [-0.1, -0.05) is 305 Å². The summed E-state index contributed by atoms with van der Waals surface area (Å²) < 4.78 is 0. The quantitative estimate of drug-likeness (QED) is 0.0936. The molecule has 0 amide bonds. The molecule has 0 saturated carbocycles. The Kier molecular flexibility index (Phi) is 19.2. The molecule has 416 valence electrons. The van der Waals surface area contributed by atoms with Gasteiger partial charge >= 0.3 is 0 Å². The maximum Gasteiger partial charge on any atom is 0.0605 e. The molecule has 2 heteroatoms. The molecule has 0 nitrogen and oxygen atoms in total. The molecule has 0 aliphatic carbocycles. The van der Waals surface area contributed by atoms with Crippen molar-refractivity contribution in [2.75, 3.05) is 0 Å². The normalized spacial score (nSPS) is 12.4. The zero-order valence-electron chi connectivity index (χ0n) is 52.9. The number of benzene rings is 8. The SMILES string of the molecule is CC(C)(C)c1cc(C(C)(C)C)c(P=C(C#CC#Cc2c3ccccc3c(C#CC#CC(=Pc3c(C(C)(C)C)cc(C(C)(C)C)cc3C(C)(C)C)c3ccccc3)c3ccccc23)c2ccccc2)c(C(C)(C)C)c1.Cc1ccc(C)cc1. The molecule has 8 rings (SSSR count). The average Bonchev–Trinajstić information content (AvgIpc) is 2.61. The smallest absolute Gasteiger partial charge is 0.0605 e. The molecule has 0 heterocycles. The molecule has 0 fully saturated rings. The minimum Gasteiger partial charge on any atom is -0.0622 e. The Morgan fingerprint density at radius 3 is 0.805 bits per heavy atom. The first-order valence-electron chi connectivity index (χ1n) is 29.0. The number of hydrogen-bond acceptors (Lipinski definition) is 0. The summed E-state index contributed by atoms with van der Waals surface area (Å²) >= 11 is 0. The van der Waals surface area contributed by atoms with Gasteiger partial charge in [-0.2, -0.15) is 0 Å². The van der Waals surface area contributed by atoms with Crippen LogP contribution in [0.1, 0.15) is 191 Å². The van der Waals surface area contributed by atoms with Crippen molar-refractivity contribution in [2.24, 2.45) is 0 Å². The highest BCUT2D eigenvalue weighted by Crippen LogP contribution is 2.38. The first-order valence-corrected chi connectivity index (χ1v) is 30.8. The lowest BCUT2D eigenvalue weighted by atomic mass is 9.75. The first kappa shape index (κ1) is 62.5. The number of fused-ring (bicyclic) bond motifs is 2. The molecular formula is C80H86P2. The fourth-order valence-corrected chi connectivity index (χ4v) is 13.1. The van der Waals surface area contributed by atoms with Gasteiger partial charge in [-0.15, -0.1) is 0 Å². The second-order valence-corrected chi connectivity index (χ2v) is 30.2. The van der Waals surface area contributed by atoms with Gasteiger partial charge in [0.25, 0.3) is 0 Å². The van der Waals surface area contributed by atoms with E-state index in [1.54, 1.807) is 0 Å². The molecule has 8 aromatic rings. The molecule has 0 unspecified atom stereocenters. The highest BCUT2D eigenvalue weighted by molar-refractivity contribution is 7.51. The summed E-state index contributed by atoms with van der Waals surface area (Å²) in [5.41, 5.74) is 14.7. The lowest BCUT2D eigenvalue weighted by Crippen LogP contribution is -2.30. The number of rotatable bonds is 4. The van der Waals surface area contributed by atoms with Crippen LogP contribution in [-0.2, 0) is 32.5 Å². The van der Waals surface area contributed by atoms with E-state index < -0.39 is 0 Å². The van der Waals surface area contributed by atoms with Gasteiger partial charge in [0.05, 0.1) is 10.6 Å². The highest BCUT2D eigenvalue weighted by atomic mass is 31.1. The van der Waals surface area contributed by atoms with Crippen molar-refractivity contribution < 1.29 is 0 Å². The number of hydrogen-bond donors (Lipinski definition) is 0. The molecule has 0 aliphatic heterocycles. The Morgan fingerprint density at radius 1 is 0.305 bits per heavy atom. The Labute approximate surface area is 499 Å². The van der Waals surface area contributed by atoms with E-state index in [9.17, 15) is 0 Å². The third kappa shape index (κ3) is 15.7. The summed E-state index contributed by atoms with van der Waals surface area (Å²) in [4.78, 5) is 0. The zero-order valence-corrected chi connectivity index (χ0v) is 54.7. The van der Waals surface area contributed by atoms with E-state index in [1.807, 2.05) is 0 Å². The van der Waals surface area contributed by atoms with Crippen molar-refractivity contribution in [2.45, 2.75) is 171 Å². The molecule has 82 heavy (non-hydrogen) atoms. The first-order chi connectivity index (χ1) is 38.3. The summed E-state index contributed by atoms with van der Waals surface area (Å²) in [6.07, 6.45) is 0. The van der Waals surface area contributed by atoms with Crippen molar-refractivity contribution in [1.82, 2.24) is 0 Å². The Hall–Kier alpha value is -7.14. The monoisotopic (exact) mass is 1110 g/mol. The second kappa shape index (κ2) is 25.2. The third-order valence-corrected chi connectivity index (χ3v) is 17.3. The molecule has 0 aliphatic rings. The largest absolute Gasteiger partial charge is 0.0622 e. The molecule has 8 aromatic carbocycles. The maximum atomic E-state index is 3.60.